The van der Waals surface area contributed by atoms with Crippen LogP contribution in [0.3, 0.4) is 0 Å². The van der Waals surface area contributed by atoms with Crippen molar-refractivity contribution in [1.29, 1.82) is 0 Å². The second kappa shape index (κ2) is 8.11. The van der Waals surface area contributed by atoms with Gasteiger partial charge in [0.15, 0.2) is 23.0 Å². The Balaban J connectivity index is 1.62. The van der Waals surface area contributed by atoms with Crippen molar-refractivity contribution in [3.8, 4) is 28.7 Å². The summed E-state index contributed by atoms with van der Waals surface area (Å²) in [6, 6.07) is 7.70. The van der Waals surface area contributed by atoms with Crippen LogP contribution in [0.5, 0.6) is 28.7 Å². The number of rotatable bonds is 5. The molecule has 0 unspecified atom stereocenters. The molecule has 9 nitrogen and oxygen atoms in total. The first kappa shape index (κ1) is 21.6. The van der Waals surface area contributed by atoms with E-state index in [4.69, 9.17) is 28.4 Å². The van der Waals surface area contributed by atoms with Crippen LogP contribution in [-0.4, -0.2) is 50.2 Å². The maximum atomic E-state index is 13.3. The molecule has 6 rings (SSSR count). The molecule has 1 aliphatic carbocycles. The van der Waals surface area contributed by atoms with Gasteiger partial charge in [0.1, 0.15) is 5.82 Å². The molecule has 1 aromatic heterocycles. The van der Waals surface area contributed by atoms with Crippen LogP contribution in [0.1, 0.15) is 34.5 Å². The van der Waals surface area contributed by atoms with Gasteiger partial charge in [-0.3, -0.25) is 4.79 Å². The van der Waals surface area contributed by atoms with Gasteiger partial charge in [-0.15, -0.1) is 0 Å². The molecule has 4 atom stereocenters. The van der Waals surface area contributed by atoms with Crippen LogP contribution < -0.4 is 23.7 Å². The first-order valence-electron chi connectivity index (χ1n) is 11.4. The van der Waals surface area contributed by atoms with Gasteiger partial charge < -0.3 is 33.0 Å². The Morgan fingerprint density at radius 1 is 0.943 bits per heavy atom. The zero-order valence-electron chi connectivity index (χ0n) is 19.9. The van der Waals surface area contributed by atoms with Crippen molar-refractivity contribution in [2.75, 3.05) is 34.7 Å². The number of carbonyl (C=O) groups excluding carboxylic acids is 1. The van der Waals surface area contributed by atoms with Gasteiger partial charge in [0.05, 0.1) is 39.9 Å². The van der Waals surface area contributed by atoms with Crippen LogP contribution in [0.25, 0.3) is 0 Å². The lowest BCUT2D eigenvalue weighted by Crippen LogP contribution is -2.37. The van der Waals surface area contributed by atoms with Crippen LogP contribution >= 0.6 is 0 Å². The molecular formula is C26H26N2O7. The zero-order valence-corrected chi connectivity index (χ0v) is 19.9. The van der Waals surface area contributed by atoms with Gasteiger partial charge in [0.2, 0.25) is 12.5 Å². The van der Waals surface area contributed by atoms with Gasteiger partial charge in [0, 0.05) is 24.2 Å². The Kier molecular flexibility index (Phi) is 5.01. The lowest BCUT2D eigenvalue weighted by Gasteiger charge is -2.40. The van der Waals surface area contributed by atoms with Gasteiger partial charge in [-0.25, -0.2) is 4.98 Å². The number of fused-ring (bicyclic) bond motifs is 3. The molecule has 3 heterocycles. The van der Waals surface area contributed by atoms with E-state index >= 15 is 0 Å². The van der Waals surface area contributed by atoms with E-state index in [2.05, 4.69) is 9.55 Å². The summed E-state index contributed by atoms with van der Waals surface area (Å²) in [4.78, 5) is 17.7. The fourth-order valence-corrected chi connectivity index (χ4v) is 5.85. The van der Waals surface area contributed by atoms with Crippen molar-refractivity contribution in [3.63, 3.8) is 0 Å². The summed E-state index contributed by atoms with van der Waals surface area (Å²) in [7, 11) is 4.73. The van der Waals surface area contributed by atoms with E-state index in [1.807, 2.05) is 37.4 Å². The van der Waals surface area contributed by atoms with E-state index in [9.17, 15) is 4.79 Å². The average molecular weight is 479 g/mol. The van der Waals surface area contributed by atoms with Gasteiger partial charge >= 0.3 is 5.97 Å². The Labute approximate surface area is 202 Å². The number of benzene rings is 2. The lowest BCUT2D eigenvalue weighted by molar-refractivity contribution is -0.141. The number of methoxy groups -OCH3 is 3. The highest BCUT2D eigenvalue weighted by molar-refractivity contribution is 5.79. The zero-order chi connectivity index (χ0) is 24.3. The summed E-state index contributed by atoms with van der Waals surface area (Å²) in [5.74, 6) is 2.71. The number of imidazole rings is 1. The molecule has 0 amide bonds. The maximum Gasteiger partial charge on any atom is 0.310 e. The molecule has 1 fully saturated rings. The summed E-state index contributed by atoms with van der Waals surface area (Å²) < 4.78 is 36.1. The third-order valence-electron chi connectivity index (χ3n) is 7.36. The highest BCUT2D eigenvalue weighted by atomic mass is 16.7. The Hall–Kier alpha value is -3.88. The number of hydrogen-bond acceptors (Lipinski definition) is 8. The summed E-state index contributed by atoms with van der Waals surface area (Å²) in [6.07, 6.45) is 3.73. The highest BCUT2D eigenvalue weighted by Crippen LogP contribution is 2.56. The Morgan fingerprint density at radius 2 is 1.63 bits per heavy atom. The van der Waals surface area contributed by atoms with Gasteiger partial charge in [-0.1, -0.05) is 0 Å². The fourth-order valence-electron chi connectivity index (χ4n) is 5.85. The minimum absolute atomic E-state index is 0.104. The van der Waals surface area contributed by atoms with Gasteiger partial charge in [-0.05, 0) is 47.9 Å². The van der Waals surface area contributed by atoms with E-state index in [0.717, 1.165) is 22.5 Å². The molecule has 182 valence electrons. The van der Waals surface area contributed by atoms with Crippen molar-refractivity contribution in [3.05, 3.63) is 59.2 Å². The third kappa shape index (κ3) is 3.14. The van der Waals surface area contributed by atoms with E-state index < -0.39 is 5.92 Å². The predicted octanol–water partition coefficient (Wildman–Crippen LogP) is 3.47. The monoisotopic (exact) mass is 478 g/mol. The smallest absolute Gasteiger partial charge is 0.310 e. The minimum atomic E-state index is -0.419. The van der Waals surface area contributed by atoms with Gasteiger partial charge in [0.25, 0.3) is 0 Å². The minimum Gasteiger partial charge on any atom is -0.493 e. The molecule has 1 saturated heterocycles. The fraction of sp³-hybridized carbons (Fsp3) is 0.385. The number of hydrogen-bond donors (Lipinski definition) is 0. The standard InChI is InChI=1S/C26H26N2O7/c1-13-27-5-6-28(13)24-16-10-19-18(34-12-35-19)9-15(16)22(23-17(24)11-33-26(23)29)14-7-20(30-2)25(32-4)21(8-14)31-3/h5-10,17,22-24H,11-12H2,1-4H3/t17-,22+,23-,24-/m0/s1. The number of nitrogens with zero attached hydrogens (tertiary/aromatic N) is 2. The van der Waals surface area contributed by atoms with Gasteiger partial charge in [-0.2, -0.15) is 0 Å². The molecule has 0 N–H and O–H groups in total. The molecule has 0 radical (unpaired) electrons. The van der Waals surface area contributed by atoms with Crippen molar-refractivity contribution >= 4 is 5.97 Å². The number of esters is 1. The predicted molar refractivity (Wildman–Crippen MR) is 124 cm³/mol. The topological polar surface area (TPSA) is 90.3 Å². The van der Waals surface area contributed by atoms with Crippen molar-refractivity contribution in [2.45, 2.75) is 18.9 Å². The molecule has 35 heavy (non-hydrogen) atoms. The second-order valence-corrected chi connectivity index (χ2v) is 8.92. The van der Waals surface area contributed by atoms with Crippen LogP contribution in [0.4, 0.5) is 0 Å². The number of ether oxygens (including phenoxy) is 6. The molecule has 0 spiro atoms. The molecule has 9 heteroatoms. The highest BCUT2D eigenvalue weighted by Gasteiger charge is 2.53. The number of cyclic esters (lactones) is 1. The first-order chi connectivity index (χ1) is 17.0. The van der Waals surface area contributed by atoms with Crippen molar-refractivity contribution in [1.82, 2.24) is 9.55 Å². The summed E-state index contributed by atoms with van der Waals surface area (Å²) in [5.41, 5.74) is 2.89. The normalized spacial score (nSPS) is 23.9. The van der Waals surface area contributed by atoms with E-state index in [0.29, 0.717) is 35.4 Å². The number of aromatic nitrogens is 2. The summed E-state index contributed by atoms with van der Waals surface area (Å²) in [6.45, 7) is 2.45. The third-order valence-corrected chi connectivity index (χ3v) is 7.36. The van der Waals surface area contributed by atoms with E-state index in [1.165, 1.54) is 0 Å². The van der Waals surface area contributed by atoms with Crippen LogP contribution in [0.15, 0.2) is 36.7 Å². The lowest BCUT2D eigenvalue weighted by atomic mass is 9.65. The number of carbonyl (C=O) groups is 1. The van der Waals surface area contributed by atoms with Crippen LogP contribution in [0.2, 0.25) is 0 Å². The molecular weight excluding hydrogens is 452 g/mol. The largest absolute Gasteiger partial charge is 0.493 e. The molecule has 3 aromatic rings. The van der Waals surface area contributed by atoms with E-state index in [-0.39, 0.29) is 30.6 Å². The van der Waals surface area contributed by atoms with Crippen LogP contribution in [-0.2, 0) is 9.53 Å². The Morgan fingerprint density at radius 3 is 2.23 bits per heavy atom. The molecule has 0 saturated carbocycles. The van der Waals surface area contributed by atoms with E-state index in [1.54, 1.807) is 27.5 Å². The maximum absolute atomic E-state index is 13.3. The van der Waals surface area contributed by atoms with Crippen molar-refractivity contribution < 1.29 is 33.2 Å². The summed E-state index contributed by atoms with van der Waals surface area (Å²) >= 11 is 0. The first-order valence-corrected chi connectivity index (χ1v) is 11.4. The second-order valence-electron chi connectivity index (χ2n) is 8.92. The molecule has 3 aliphatic rings. The quantitative estimate of drug-likeness (QED) is 0.515. The summed E-state index contributed by atoms with van der Waals surface area (Å²) in [5, 5.41) is 0. The molecule has 2 aromatic carbocycles. The SMILES string of the molecule is COc1cc([C@@H]2c3cc4c(cc3[C@H](n3ccnc3C)[C@H]3COC(=O)[C@H]23)OCO4)cc(OC)c1OC. The van der Waals surface area contributed by atoms with Crippen molar-refractivity contribution in [2.24, 2.45) is 11.8 Å². The average Bonchev–Trinajstić information content (AvgIpc) is 3.60. The number of aryl methyl sites for hydroxylation is 1. The van der Waals surface area contributed by atoms with Crippen LogP contribution in [0, 0.1) is 18.8 Å². The molecule has 2 aliphatic heterocycles. The molecule has 0 bridgehead atoms. The Bertz CT molecular complexity index is 1290.